The fourth-order valence-electron chi connectivity index (χ4n) is 3.01. The van der Waals surface area contributed by atoms with Crippen LogP contribution in [0.1, 0.15) is 40.4 Å². The Kier molecular flexibility index (Phi) is 4.06. The van der Waals surface area contributed by atoms with E-state index < -0.39 is 0 Å². The zero-order valence-corrected chi connectivity index (χ0v) is 14.1. The Morgan fingerprint density at radius 2 is 1.84 bits per heavy atom. The van der Waals surface area contributed by atoms with E-state index in [2.05, 4.69) is 46.6 Å². The van der Waals surface area contributed by atoms with Crippen LogP contribution in [0.5, 0.6) is 0 Å². The van der Waals surface area contributed by atoms with Crippen LogP contribution in [0.15, 0.2) is 61.2 Å². The molecule has 1 N–H and O–H groups in total. The average Bonchev–Trinajstić information content (AvgIpc) is 3.33. The number of aryl methyl sites for hydroxylation is 1. The third-order valence-corrected chi connectivity index (χ3v) is 4.63. The van der Waals surface area contributed by atoms with E-state index in [0.29, 0.717) is 11.5 Å². The Morgan fingerprint density at radius 1 is 1.12 bits per heavy atom. The van der Waals surface area contributed by atoms with Crippen LogP contribution in [0.3, 0.4) is 0 Å². The highest BCUT2D eigenvalue weighted by Gasteiger charge is 2.33. The van der Waals surface area contributed by atoms with E-state index in [9.17, 15) is 4.79 Å². The molecule has 0 saturated heterocycles. The van der Waals surface area contributed by atoms with E-state index in [1.54, 1.807) is 11.0 Å². The standard InChI is InChI=1S/C20H20N4O/c1-14-2-4-15(5-3-14)19(16-6-7-16)23-20(25)17-8-10-18(11-9-17)24-13-21-12-22-24/h2-5,8-13,16,19H,6-7H2,1H3,(H,23,25). The van der Waals surface area contributed by atoms with Gasteiger partial charge < -0.3 is 5.32 Å². The van der Waals surface area contributed by atoms with E-state index in [1.165, 1.54) is 30.3 Å². The molecule has 0 spiro atoms. The maximum Gasteiger partial charge on any atom is 0.251 e. The SMILES string of the molecule is Cc1ccc(C(NC(=O)c2ccc(-n3cncn3)cc2)C2CC2)cc1. The molecule has 1 unspecified atom stereocenters. The monoisotopic (exact) mass is 332 g/mol. The lowest BCUT2D eigenvalue weighted by molar-refractivity contribution is 0.0931. The van der Waals surface area contributed by atoms with Crippen LogP contribution in [0.25, 0.3) is 5.69 Å². The van der Waals surface area contributed by atoms with Gasteiger partial charge in [0, 0.05) is 5.56 Å². The van der Waals surface area contributed by atoms with Crippen LogP contribution < -0.4 is 5.32 Å². The second-order valence-electron chi connectivity index (χ2n) is 6.59. The van der Waals surface area contributed by atoms with Crippen LogP contribution in [0.4, 0.5) is 0 Å². The molecular formula is C20H20N4O. The number of carbonyl (C=O) groups excluding carboxylic acids is 1. The normalized spacial score (nSPS) is 14.9. The molecule has 4 rings (SSSR count). The molecule has 126 valence electrons. The minimum atomic E-state index is -0.0392. The molecule has 1 aliphatic rings. The Bertz CT molecular complexity index is 850. The van der Waals surface area contributed by atoms with Gasteiger partial charge in [-0.3, -0.25) is 4.79 Å². The van der Waals surface area contributed by atoms with Gasteiger partial charge in [0.2, 0.25) is 0 Å². The third-order valence-electron chi connectivity index (χ3n) is 4.63. The lowest BCUT2D eigenvalue weighted by atomic mass is 10.0. The molecular weight excluding hydrogens is 312 g/mol. The van der Waals surface area contributed by atoms with Gasteiger partial charge >= 0.3 is 0 Å². The maximum absolute atomic E-state index is 12.7. The molecule has 1 heterocycles. The van der Waals surface area contributed by atoms with Crippen molar-refractivity contribution in [3.05, 3.63) is 77.9 Å². The second kappa shape index (κ2) is 6.51. The summed E-state index contributed by atoms with van der Waals surface area (Å²) in [5.74, 6) is 0.503. The van der Waals surface area contributed by atoms with Crippen LogP contribution >= 0.6 is 0 Å². The fraction of sp³-hybridized carbons (Fsp3) is 0.250. The summed E-state index contributed by atoms with van der Waals surface area (Å²) in [6.07, 6.45) is 5.46. The van der Waals surface area contributed by atoms with E-state index >= 15 is 0 Å². The first-order chi connectivity index (χ1) is 12.2. The van der Waals surface area contributed by atoms with Crippen molar-refractivity contribution in [2.24, 2.45) is 5.92 Å². The van der Waals surface area contributed by atoms with Gasteiger partial charge in [-0.1, -0.05) is 29.8 Å². The van der Waals surface area contributed by atoms with Gasteiger partial charge in [-0.25, -0.2) is 9.67 Å². The molecule has 0 bridgehead atoms. The average molecular weight is 332 g/mol. The summed E-state index contributed by atoms with van der Waals surface area (Å²) in [5, 5.41) is 7.30. The number of carbonyl (C=O) groups is 1. The summed E-state index contributed by atoms with van der Waals surface area (Å²) >= 11 is 0. The minimum absolute atomic E-state index is 0.0392. The molecule has 1 saturated carbocycles. The zero-order chi connectivity index (χ0) is 17.2. The first kappa shape index (κ1) is 15.6. The summed E-state index contributed by atoms with van der Waals surface area (Å²) in [4.78, 5) is 16.6. The van der Waals surface area contributed by atoms with Gasteiger partial charge in [0.05, 0.1) is 11.7 Å². The van der Waals surface area contributed by atoms with Crippen LogP contribution in [0, 0.1) is 12.8 Å². The smallest absolute Gasteiger partial charge is 0.251 e. The molecule has 0 radical (unpaired) electrons. The summed E-state index contributed by atoms with van der Waals surface area (Å²) < 4.78 is 1.67. The number of amides is 1. The number of aromatic nitrogens is 3. The van der Waals surface area contributed by atoms with Crippen molar-refractivity contribution in [3.63, 3.8) is 0 Å². The van der Waals surface area contributed by atoms with E-state index in [1.807, 2.05) is 24.3 Å². The highest BCUT2D eigenvalue weighted by molar-refractivity contribution is 5.94. The van der Waals surface area contributed by atoms with E-state index in [-0.39, 0.29) is 11.9 Å². The molecule has 25 heavy (non-hydrogen) atoms. The van der Waals surface area contributed by atoms with Gasteiger partial charge in [0.25, 0.3) is 5.91 Å². The molecule has 1 atom stereocenters. The lowest BCUT2D eigenvalue weighted by Crippen LogP contribution is -2.29. The lowest BCUT2D eigenvalue weighted by Gasteiger charge is -2.19. The zero-order valence-electron chi connectivity index (χ0n) is 14.1. The van der Waals surface area contributed by atoms with Crippen LogP contribution in [-0.2, 0) is 0 Å². The van der Waals surface area contributed by atoms with Crippen molar-refractivity contribution in [1.29, 1.82) is 0 Å². The highest BCUT2D eigenvalue weighted by atomic mass is 16.1. The molecule has 0 aliphatic heterocycles. The molecule has 1 aliphatic carbocycles. The molecule has 2 aromatic carbocycles. The second-order valence-corrected chi connectivity index (χ2v) is 6.59. The van der Waals surface area contributed by atoms with Gasteiger partial charge in [0.1, 0.15) is 12.7 Å². The Hall–Kier alpha value is -2.95. The molecule has 1 fully saturated rings. The predicted octanol–water partition coefficient (Wildman–Crippen LogP) is 3.46. The minimum Gasteiger partial charge on any atom is -0.345 e. The summed E-state index contributed by atoms with van der Waals surface area (Å²) in [6, 6.07) is 15.9. The Labute approximate surface area is 146 Å². The topological polar surface area (TPSA) is 59.8 Å². The summed E-state index contributed by atoms with van der Waals surface area (Å²) in [5.41, 5.74) is 3.95. The largest absolute Gasteiger partial charge is 0.345 e. The first-order valence-corrected chi connectivity index (χ1v) is 8.53. The molecule has 3 aromatic rings. The number of hydrogen-bond donors (Lipinski definition) is 1. The van der Waals surface area contributed by atoms with Crippen LogP contribution in [-0.4, -0.2) is 20.7 Å². The van der Waals surface area contributed by atoms with Crippen LogP contribution in [0.2, 0.25) is 0 Å². The van der Waals surface area contributed by atoms with E-state index in [0.717, 1.165) is 5.69 Å². The van der Waals surface area contributed by atoms with Crippen molar-refractivity contribution in [1.82, 2.24) is 20.1 Å². The molecule has 5 heteroatoms. The third kappa shape index (κ3) is 3.45. The van der Waals surface area contributed by atoms with E-state index in [4.69, 9.17) is 0 Å². The van der Waals surface area contributed by atoms with Crippen molar-refractivity contribution in [3.8, 4) is 5.69 Å². The Balaban J connectivity index is 1.50. The number of nitrogens with one attached hydrogen (secondary N) is 1. The number of nitrogens with zero attached hydrogens (tertiary/aromatic N) is 3. The number of benzene rings is 2. The van der Waals surface area contributed by atoms with Gasteiger partial charge in [-0.05, 0) is 55.5 Å². The van der Waals surface area contributed by atoms with Gasteiger partial charge in [-0.15, -0.1) is 0 Å². The summed E-state index contributed by atoms with van der Waals surface area (Å²) in [7, 11) is 0. The van der Waals surface area contributed by atoms with Gasteiger partial charge in [-0.2, -0.15) is 5.10 Å². The van der Waals surface area contributed by atoms with Crippen molar-refractivity contribution in [2.45, 2.75) is 25.8 Å². The number of rotatable bonds is 5. The predicted molar refractivity (Wildman–Crippen MR) is 95.5 cm³/mol. The molecule has 1 aromatic heterocycles. The first-order valence-electron chi connectivity index (χ1n) is 8.53. The quantitative estimate of drug-likeness (QED) is 0.778. The maximum atomic E-state index is 12.7. The summed E-state index contributed by atoms with van der Waals surface area (Å²) in [6.45, 7) is 2.07. The van der Waals surface area contributed by atoms with Crippen molar-refractivity contribution < 1.29 is 4.79 Å². The molecule has 1 amide bonds. The van der Waals surface area contributed by atoms with Crippen molar-refractivity contribution >= 4 is 5.91 Å². The fourth-order valence-corrected chi connectivity index (χ4v) is 3.01. The number of hydrogen-bond acceptors (Lipinski definition) is 3. The highest BCUT2D eigenvalue weighted by Crippen LogP contribution is 2.41. The van der Waals surface area contributed by atoms with Crippen molar-refractivity contribution in [2.75, 3.05) is 0 Å². The molecule has 5 nitrogen and oxygen atoms in total. The van der Waals surface area contributed by atoms with Gasteiger partial charge in [0.15, 0.2) is 0 Å². The Morgan fingerprint density at radius 3 is 2.44 bits per heavy atom.